The summed E-state index contributed by atoms with van der Waals surface area (Å²) in [5.74, 6) is -1.53. The lowest BCUT2D eigenvalue weighted by atomic mass is 9.86. The zero-order valence-electron chi connectivity index (χ0n) is 18.9. The maximum absolute atomic E-state index is 13.3. The van der Waals surface area contributed by atoms with Gasteiger partial charge in [0.1, 0.15) is 12.2 Å². The fourth-order valence-corrected chi connectivity index (χ4v) is 4.60. The van der Waals surface area contributed by atoms with E-state index in [4.69, 9.17) is 4.42 Å². The first-order valence-electron chi connectivity index (χ1n) is 11.3. The van der Waals surface area contributed by atoms with E-state index in [1.54, 1.807) is 27.9 Å². The largest absolute Gasteiger partial charge is 0.481 e. The number of aryl methyl sites for hydroxylation is 1. The number of carboxylic acids is 1. The van der Waals surface area contributed by atoms with Gasteiger partial charge in [-0.3, -0.25) is 14.4 Å². The number of nitrogens with one attached hydrogen (secondary N) is 1. The highest BCUT2D eigenvalue weighted by Crippen LogP contribution is 2.26. The van der Waals surface area contributed by atoms with Gasteiger partial charge in [0.15, 0.2) is 5.58 Å². The lowest BCUT2D eigenvalue weighted by Gasteiger charge is -2.27. The molecule has 0 saturated heterocycles. The van der Waals surface area contributed by atoms with E-state index in [-0.39, 0.29) is 30.3 Å². The molecular weight excluding hydrogens is 422 g/mol. The molecule has 2 amide bonds. The van der Waals surface area contributed by atoms with E-state index in [0.717, 1.165) is 11.3 Å². The summed E-state index contributed by atoms with van der Waals surface area (Å²) in [6, 6.07) is 11.1. The van der Waals surface area contributed by atoms with Crippen LogP contribution < -0.4 is 10.2 Å². The number of hydrogen-bond acceptors (Lipinski definition) is 4. The SMILES string of the molecule is CCN(C(=O)Cn1c(C(=O)N[C@H]2CC[C@H](C(=O)O)CC2)cc2occc21)c1cccc(C)c1. The predicted octanol–water partition coefficient (Wildman–Crippen LogP) is 3.97. The Morgan fingerprint density at radius 2 is 1.91 bits per heavy atom. The normalized spacial score (nSPS) is 18.2. The number of aliphatic carboxylic acids is 1. The summed E-state index contributed by atoms with van der Waals surface area (Å²) in [5.41, 5.74) is 3.47. The molecule has 1 aromatic carbocycles. The molecule has 0 spiro atoms. The smallest absolute Gasteiger partial charge is 0.306 e. The quantitative estimate of drug-likeness (QED) is 0.566. The number of carboxylic acid groups (broad SMARTS) is 1. The van der Waals surface area contributed by atoms with Crippen LogP contribution in [-0.2, 0) is 16.1 Å². The number of carbonyl (C=O) groups is 3. The number of hydrogen-bond donors (Lipinski definition) is 2. The van der Waals surface area contributed by atoms with Crippen LogP contribution in [0.1, 0.15) is 48.7 Å². The molecule has 2 aromatic heterocycles. The zero-order chi connectivity index (χ0) is 23.5. The minimum absolute atomic E-state index is 0.000671. The van der Waals surface area contributed by atoms with Gasteiger partial charge in [0, 0.05) is 30.4 Å². The van der Waals surface area contributed by atoms with Crippen LogP contribution in [0.5, 0.6) is 0 Å². The van der Waals surface area contributed by atoms with Crippen LogP contribution in [0, 0.1) is 12.8 Å². The van der Waals surface area contributed by atoms with E-state index < -0.39 is 5.97 Å². The van der Waals surface area contributed by atoms with Gasteiger partial charge in [-0.1, -0.05) is 12.1 Å². The number of rotatable bonds is 7. The monoisotopic (exact) mass is 451 g/mol. The standard InChI is InChI=1S/C25H29N3O5/c1-3-27(19-6-4-5-16(2)13-19)23(29)15-28-20-11-12-33-22(20)14-21(28)24(30)26-18-9-7-17(8-10-18)25(31)32/h4-6,11-14,17-18H,3,7-10,15H2,1-2H3,(H,26,30)(H,31,32)/t17-,18-. The molecule has 3 aromatic rings. The average molecular weight is 452 g/mol. The number of furan rings is 1. The number of aromatic nitrogens is 1. The van der Waals surface area contributed by atoms with Crippen molar-refractivity contribution in [2.45, 2.75) is 52.1 Å². The summed E-state index contributed by atoms with van der Waals surface area (Å²) in [6.07, 6.45) is 3.87. The predicted molar refractivity (Wildman–Crippen MR) is 124 cm³/mol. The van der Waals surface area contributed by atoms with Gasteiger partial charge in [-0.25, -0.2) is 0 Å². The van der Waals surface area contributed by atoms with E-state index in [2.05, 4.69) is 5.32 Å². The number of likely N-dealkylation sites (N-methyl/N-ethyl adjacent to an activating group) is 1. The van der Waals surface area contributed by atoms with Crippen LogP contribution in [0.4, 0.5) is 5.69 Å². The van der Waals surface area contributed by atoms with Crippen molar-refractivity contribution in [3.8, 4) is 0 Å². The number of anilines is 1. The van der Waals surface area contributed by atoms with Gasteiger partial charge in [-0.2, -0.15) is 0 Å². The lowest BCUT2D eigenvalue weighted by molar-refractivity contribution is -0.142. The highest BCUT2D eigenvalue weighted by Gasteiger charge is 2.28. The first-order valence-corrected chi connectivity index (χ1v) is 11.3. The van der Waals surface area contributed by atoms with Crippen LogP contribution in [0.25, 0.3) is 11.1 Å². The molecular formula is C25H29N3O5. The second-order valence-electron chi connectivity index (χ2n) is 8.62. The number of amides is 2. The van der Waals surface area contributed by atoms with Crippen molar-refractivity contribution in [1.82, 2.24) is 9.88 Å². The Morgan fingerprint density at radius 1 is 1.15 bits per heavy atom. The molecule has 0 unspecified atom stereocenters. The molecule has 4 rings (SSSR count). The molecule has 8 heteroatoms. The summed E-state index contributed by atoms with van der Waals surface area (Å²) in [7, 11) is 0. The summed E-state index contributed by atoms with van der Waals surface area (Å²) in [4.78, 5) is 39.3. The summed E-state index contributed by atoms with van der Waals surface area (Å²) < 4.78 is 7.19. The third-order valence-corrected chi connectivity index (χ3v) is 6.39. The second-order valence-corrected chi connectivity index (χ2v) is 8.62. The molecule has 0 atom stereocenters. The van der Waals surface area contributed by atoms with Crippen LogP contribution >= 0.6 is 0 Å². The topological polar surface area (TPSA) is 105 Å². The van der Waals surface area contributed by atoms with Crippen LogP contribution in [-0.4, -0.2) is 40.0 Å². The van der Waals surface area contributed by atoms with E-state index in [0.29, 0.717) is 49.0 Å². The van der Waals surface area contributed by atoms with E-state index in [1.807, 2.05) is 38.1 Å². The Bertz CT molecular complexity index is 1170. The molecule has 2 heterocycles. The molecule has 0 radical (unpaired) electrons. The average Bonchev–Trinajstić information content (AvgIpc) is 3.37. The Labute approximate surface area is 192 Å². The van der Waals surface area contributed by atoms with Gasteiger partial charge >= 0.3 is 5.97 Å². The molecule has 2 N–H and O–H groups in total. The third-order valence-electron chi connectivity index (χ3n) is 6.39. The minimum atomic E-state index is -0.776. The molecule has 33 heavy (non-hydrogen) atoms. The molecule has 1 saturated carbocycles. The number of carbonyl (C=O) groups excluding carboxylic acids is 2. The highest BCUT2D eigenvalue weighted by atomic mass is 16.4. The fraction of sp³-hybridized carbons (Fsp3) is 0.400. The maximum Gasteiger partial charge on any atom is 0.306 e. The third kappa shape index (κ3) is 4.79. The first-order chi connectivity index (χ1) is 15.9. The van der Waals surface area contributed by atoms with Gasteiger partial charge in [0.2, 0.25) is 5.91 Å². The van der Waals surface area contributed by atoms with Crippen molar-refractivity contribution in [2.24, 2.45) is 5.92 Å². The summed E-state index contributed by atoms with van der Waals surface area (Å²) in [6.45, 7) is 4.41. The van der Waals surface area contributed by atoms with Crippen LogP contribution in [0.2, 0.25) is 0 Å². The second kappa shape index (κ2) is 9.52. The molecule has 1 fully saturated rings. The fourth-order valence-electron chi connectivity index (χ4n) is 4.60. The Kier molecular flexibility index (Phi) is 6.53. The van der Waals surface area contributed by atoms with Crippen molar-refractivity contribution in [2.75, 3.05) is 11.4 Å². The Morgan fingerprint density at radius 3 is 2.58 bits per heavy atom. The van der Waals surface area contributed by atoms with Crippen molar-refractivity contribution in [1.29, 1.82) is 0 Å². The molecule has 1 aliphatic rings. The van der Waals surface area contributed by atoms with Gasteiger partial charge in [-0.05, 0) is 57.2 Å². The van der Waals surface area contributed by atoms with E-state index in [9.17, 15) is 19.5 Å². The number of nitrogens with zero attached hydrogens (tertiary/aromatic N) is 2. The summed E-state index contributed by atoms with van der Waals surface area (Å²) in [5, 5.41) is 12.2. The van der Waals surface area contributed by atoms with E-state index in [1.165, 1.54) is 0 Å². The molecule has 1 aliphatic carbocycles. The highest BCUT2D eigenvalue weighted by molar-refractivity contribution is 6.00. The van der Waals surface area contributed by atoms with Crippen molar-refractivity contribution in [3.05, 3.63) is 53.9 Å². The van der Waals surface area contributed by atoms with Crippen molar-refractivity contribution in [3.63, 3.8) is 0 Å². The van der Waals surface area contributed by atoms with Gasteiger partial charge in [-0.15, -0.1) is 0 Å². The number of benzene rings is 1. The first kappa shape index (κ1) is 22.6. The van der Waals surface area contributed by atoms with Gasteiger partial charge < -0.3 is 24.3 Å². The molecule has 0 aliphatic heterocycles. The zero-order valence-corrected chi connectivity index (χ0v) is 18.9. The van der Waals surface area contributed by atoms with Gasteiger partial charge in [0.05, 0.1) is 17.7 Å². The van der Waals surface area contributed by atoms with Crippen molar-refractivity contribution < 1.29 is 23.9 Å². The number of fused-ring (bicyclic) bond motifs is 1. The Hall–Kier alpha value is -3.55. The molecule has 174 valence electrons. The maximum atomic E-state index is 13.3. The summed E-state index contributed by atoms with van der Waals surface area (Å²) >= 11 is 0. The van der Waals surface area contributed by atoms with E-state index >= 15 is 0 Å². The molecule has 8 nitrogen and oxygen atoms in total. The van der Waals surface area contributed by atoms with Gasteiger partial charge in [0.25, 0.3) is 5.91 Å². The van der Waals surface area contributed by atoms with Crippen LogP contribution in [0.15, 0.2) is 47.1 Å². The lowest BCUT2D eigenvalue weighted by Crippen LogP contribution is -2.40. The van der Waals surface area contributed by atoms with Crippen molar-refractivity contribution >= 4 is 34.6 Å². The minimum Gasteiger partial charge on any atom is -0.481 e. The Balaban J connectivity index is 1.53. The molecule has 0 bridgehead atoms. The van der Waals surface area contributed by atoms with Crippen LogP contribution in [0.3, 0.4) is 0 Å².